The Morgan fingerprint density at radius 2 is 1.72 bits per heavy atom. The van der Waals surface area contributed by atoms with Crippen molar-refractivity contribution in [3.63, 3.8) is 0 Å². The molecule has 5 rings (SSSR count). The van der Waals surface area contributed by atoms with Crippen molar-refractivity contribution in [2.45, 2.75) is 19.1 Å². The van der Waals surface area contributed by atoms with Crippen molar-refractivity contribution in [1.82, 2.24) is 29.6 Å². The van der Waals surface area contributed by atoms with E-state index in [0.29, 0.717) is 11.6 Å². The van der Waals surface area contributed by atoms with E-state index in [1.165, 1.54) is 11.1 Å². The summed E-state index contributed by atoms with van der Waals surface area (Å²) in [5.41, 5.74) is 3.30. The van der Waals surface area contributed by atoms with Gasteiger partial charge in [-0.1, -0.05) is 48.0 Å². The van der Waals surface area contributed by atoms with Crippen molar-refractivity contribution >= 4 is 11.6 Å². The maximum Gasteiger partial charge on any atom is 0.165 e. The summed E-state index contributed by atoms with van der Waals surface area (Å²) in [6, 6.07) is 16.6. The van der Waals surface area contributed by atoms with Crippen LogP contribution in [0.3, 0.4) is 0 Å². The monoisotopic (exact) mass is 402 g/mol. The lowest BCUT2D eigenvalue weighted by molar-refractivity contribution is 0.176. The summed E-state index contributed by atoms with van der Waals surface area (Å²) in [6.45, 7) is 2.38. The Morgan fingerprint density at radius 1 is 0.862 bits per heavy atom. The first-order valence-corrected chi connectivity index (χ1v) is 9.89. The van der Waals surface area contributed by atoms with Crippen LogP contribution < -0.4 is 0 Å². The van der Waals surface area contributed by atoms with Gasteiger partial charge in [-0.2, -0.15) is 0 Å². The minimum absolute atomic E-state index is 0.117. The zero-order chi connectivity index (χ0) is 19.6. The van der Waals surface area contributed by atoms with E-state index in [2.05, 4.69) is 60.0 Å². The molecule has 4 heterocycles. The van der Waals surface area contributed by atoms with Crippen LogP contribution in [0, 0.1) is 0 Å². The highest BCUT2D eigenvalue weighted by molar-refractivity contribution is 6.30. The Hall–Kier alpha value is -3.09. The van der Waals surface area contributed by atoms with Crippen LogP contribution in [-0.2, 0) is 13.1 Å². The fraction of sp³-hybridized carbons (Fsp3) is 0.182. The Morgan fingerprint density at radius 3 is 2.52 bits per heavy atom. The van der Waals surface area contributed by atoms with Crippen molar-refractivity contribution in [2.75, 3.05) is 6.54 Å². The molecule has 1 unspecified atom stereocenters. The third-order valence-corrected chi connectivity index (χ3v) is 5.43. The summed E-state index contributed by atoms with van der Waals surface area (Å²) in [5.74, 6) is 1.75. The van der Waals surface area contributed by atoms with Gasteiger partial charge in [0.1, 0.15) is 5.82 Å². The topological polar surface area (TPSA) is 59.7 Å². The minimum Gasteiger partial charge on any atom is -0.309 e. The molecule has 3 aromatic heterocycles. The number of halogens is 1. The van der Waals surface area contributed by atoms with Gasteiger partial charge < -0.3 is 4.57 Å². The second-order valence-electron chi connectivity index (χ2n) is 7.05. The summed E-state index contributed by atoms with van der Waals surface area (Å²) in [7, 11) is 0. The number of aromatic nitrogens is 5. The lowest BCUT2D eigenvalue weighted by Crippen LogP contribution is -2.37. The maximum absolute atomic E-state index is 6.11. The summed E-state index contributed by atoms with van der Waals surface area (Å²) < 4.78 is 2.16. The molecular formula is C22H19ClN6. The number of pyridine rings is 2. The minimum atomic E-state index is 0.117. The fourth-order valence-corrected chi connectivity index (χ4v) is 4.11. The molecule has 144 valence electrons. The molecule has 1 aliphatic rings. The molecule has 0 saturated heterocycles. The van der Waals surface area contributed by atoms with Gasteiger partial charge in [-0.25, -0.2) is 0 Å². The molecule has 0 bridgehead atoms. The number of nitrogens with zero attached hydrogens (tertiary/aromatic N) is 6. The van der Waals surface area contributed by atoms with Crippen molar-refractivity contribution < 1.29 is 0 Å². The van der Waals surface area contributed by atoms with Crippen molar-refractivity contribution in [3.8, 4) is 11.4 Å². The third-order valence-electron chi connectivity index (χ3n) is 5.23. The average Bonchev–Trinajstić information content (AvgIpc) is 3.19. The van der Waals surface area contributed by atoms with E-state index in [-0.39, 0.29) is 6.04 Å². The van der Waals surface area contributed by atoms with Gasteiger partial charge in [-0.3, -0.25) is 14.9 Å². The molecule has 0 N–H and O–H groups in total. The highest BCUT2D eigenvalue weighted by Crippen LogP contribution is 2.32. The Balaban J connectivity index is 1.49. The van der Waals surface area contributed by atoms with Crippen LogP contribution >= 0.6 is 11.6 Å². The SMILES string of the molecule is Clc1cncc(-c2nnc3n2CCN(C(c2ccccc2)c2cccnc2)C3)c1. The van der Waals surface area contributed by atoms with E-state index in [1.807, 2.05) is 30.6 Å². The van der Waals surface area contributed by atoms with E-state index in [0.717, 1.165) is 30.3 Å². The van der Waals surface area contributed by atoms with Crippen molar-refractivity contribution in [1.29, 1.82) is 0 Å². The van der Waals surface area contributed by atoms with Crippen LogP contribution in [0.5, 0.6) is 0 Å². The number of fused-ring (bicyclic) bond motifs is 1. The zero-order valence-corrected chi connectivity index (χ0v) is 16.4. The van der Waals surface area contributed by atoms with Gasteiger partial charge in [-0.15, -0.1) is 10.2 Å². The molecule has 0 saturated carbocycles. The molecule has 29 heavy (non-hydrogen) atoms. The maximum atomic E-state index is 6.11. The van der Waals surface area contributed by atoms with Crippen LogP contribution in [0.2, 0.25) is 5.02 Å². The first-order chi connectivity index (χ1) is 14.3. The second kappa shape index (κ2) is 7.73. The van der Waals surface area contributed by atoms with Gasteiger partial charge in [0.05, 0.1) is 17.6 Å². The molecule has 7 heteroatoms. The van der Waals surface area contributed by atoms with Gasteiger partial charge >= 0.3 is 0 Å². The van der Waals surface area contributed by atoms with E-state index in [4.69, 9.17) is 11.6 Å². The molecular weight excluding hydrogens is 384 g/mol. The van der Waals surface area contributed by atoms with Crippen LogP contribution in [0.15, 0.2) is 73.3 Å². The van der Waals surface area contributed by atoms with Crippen LogP contribution in [-0.4, -0.2) is 36.2 Å². The fourth-order valence-electron chi connectivity index (χ4n) is 3.93. The predicted octanol–water partition coefficient (Wildman–Crippen LogP) is 3.99. The van der Waals surface area contributed by atoms with Crippen LogP contribution in [0.1, 0.15) is 23.0 Å². The standard InChI is InChI=1S/C22H19ClN6/c23-19-11-18(13-25-14-19)22-27-26-20-15-28(9-10-29(20)22)21(16-5-2-1-3-6-16)17-7-4-8-24-12-17/h1-8,11-14,21H,9-10,15H2. The lowest BCUT2D eigenvalue weighted by Gasteiger charge is -2.35. The van der Waals surface area contributed by atoms with Gasteiger partial charge in [0.2, 0.25) is 0 Å². The quantitative estimate of drug-likeness (QED) is 0.516. The highest BCUT2D eigenvalue weighted by atomic mass is 35.5. The third kappa shape index (κ3) is 3.52. The van der Waals surface area contributed by atoms with Gasteiger partial charge in [0.15, 0.2) is 5.82 Å². The number of hydrogen-bond acceptors (Lipinski definition) is 5. The van der Waals surface area contributed by atoms with E-state index in [9.17, 15) is 0 Å². The smallest absolute Gasteiger partial charge is 0.165 e. The number of benzene rings is 1. The van der Waals surface area contributed by atoms with Gasteiger partial charge in [-0.05, 0) is 23.3 Å². The second-order valence-corrected chi connectivity index (χ2v) is 7.49. The first kappa shape index (κ1) is 18.0. The molecule has 0 spiro atoms. The molecule has 0 radical (unpaired) electrons. The van der Waals surface area contributed by atoms with Crippen LogP contribution in [0.25, 0.3) is 11.4 Å². The van der Waals surface area contributed by atoms with Crippen LogP contribution in [0.4, 0.5) is 0 Å². The first-order valence-electron chi connectivity index (χ1n) is 9.51. The van der Waals surface area contributed by atoms with Gasteiger partial charge in [0, 0.05) is 43.4 Å². The summed E-state index contributed by atoms with van der Waals surface area (Å²) >= 11 is 6.11. The highest BCUT2D eigenvalue weighted by Gasteiger charge is 2.29. The molecule has 4 aromatic rings. The molecule has 1 aromatic carbocycles. The number of hydrogen-bond donors (Lipinski definition) is 0. The molecule has 6 nitrogen and oxygen atoms in total. The van der Waals surface area contributed by atoms with E-state index >= 15 is 0 Å². The molecule has 0 aliphatic carbocycles. The summed E-state index contributed by atoms with van der Waals surface area (Å²) in [4.78, 5) is 11.0. The number of rotatable bonds is 4. The predicted molar refractivity (Wildman–Crippen MR) is 111 cm³/mol. The zero-order valence-electron chi connectivity index (χ0n) is 15.7. The summed E-state index contributed by atoms with van der Waals surface area (Å²) in [5, 5.41) is 9.49. The van der Waals surface area contributed by atoms with Crippen molar-refractivity contribution in [3.05, 3.63) is 95.3 Å². The van der Waals surface area contributed by atoms with Gasteiger partial charge in [0.25, 0.3) is 0 Å². The van der Waals surface area contributed by atoms with E-state index < -0.39 is 0 Å². The van der Waals surface area contributed by atoms with E-state index in [1.54, 1.807) is 12.4 Å². The normalized spacial score (nSPS) is 15.1. The Labute approximate surface area is 173 Å². The Bertz CT molecular complexity index is 1070. The molecule has 0 amide bonds. The largest absolute Gasteiger partial charge is 0.309 e. The Kier molecular flexibility index (Phi) is 4.79. The lowest BCUT2D eigenvalue weighted by atomic mass is 9.98. The average molecular weight is 403 g/mol. The molecule has 1 aliphatic heterocycles. The molecule has 1 atom stereocenters. The van der Waals surface area contributed by atoms with Crippen molar-refractivity contribution in [2.24, 2.45) is 0 Å². The summed E-state index contributed by atoms with van der Waals surface area (Å²) in [6.07, 6.45) is 7.15. The molecule has 0 fully saturated rings.